The van der Waals surface area contributed by atoms with Crippen LogP contribution in [0, 0.1) is 11.3 Å². The van der Waals surface area contributed by atoms with Gasteiger partial charge in [0.15, 0.2) is 0 Å². The first kappa shape index (κ1) is 19.6. The van der Waals surface area contributed by atoms with Gasteiger partial charge in [-0.25, -0.2) is 4.98 Å². The molecule has 3 nitrogen and oxygen atoms in total. The van der Waals surface area contributed by atoms with E-state index in [-0.39, 0.29) is 0 Å². The Morgan fingerprint density at radius 2 is 1.50 bits per heavy atom. The van der Waals surface area contributed by atoms with Crippen molar-refractivity contribution in [2.45, 2.75) is 0 Å². The van der Waals surface area contributed by atoms with Crippen LogP contribution in [0.3, 0.4) is 0 Å². The first-order valence-electron chi connectivity index (χ1n) is 9.65. The maximum atomic E-state index is 9.67. The van der Waals surface area contributed by atoms with E-state index >= 15 is 0 Å². The third-order valence-corrected chi connectivity index (χ3v) is 5.74. The molecule has 0 aliphatic heterocycles. The summed E-state index contributed by atoms with van der Waals surface area (Å²) in [4.78, 5) is 6.77. The fourth-order valence-corrected chi connectivity index (χ4v) is 3.97. The molecule has 0 bridgehead atoms. The average molecular weight is 408 g/mol. The normalized spacial score (nSPS) is 11.2. The molecule has 0 spiro atoms. The van der Waals surface area contributed by atoms with Crippen LogP contribution >= 0.6 is 11.3 Å². The largest absolute Gasteiger partial charge is 0.378 e. The van der Waals surface area contributed by atoms with Gasteiger partial charge in [-0.15, -0.1) is 11.3 Å². The van der Waals surface area contributed by atoms with Crippen LogP contribution < -0.4 is 4.90 Å². The summed E-state index contributed by atoms with van der Waals surface area (Å²) < 4.78 is 0. The summed E-state index contributed by atoms with van der Waals surface area (Å²) in [6.07, 6.45) is 1.89. The molecule has 4 aromatic rings. The van der Waals surface area contributed by atoms with Crippen LogP contribution in [0.15, 0.2) is 84.2 Å². The summed E-state index contributed by atoms with van der Waals surface area (Å²) in [7, 11) is 4.02. The lowest BCUT2D eigenvalue weighted by Crippen LogP contribution is -2.07. The third kappa shape index (κ3) is 4.32. The highest BCUT2D eigenvalue weighted by Gasteiger charge is 2.10. The monoisotopic (exact) mass is 407 g/mol. The Hall–Kier alpha value is -3.68. The molecule has 0 amide bonds. The standard InChI is InChI=1S/C26H21N3S/c1-29(2)24-14-8-19(9-15-24)16-23(17-27)26-28-25(18-30-26)22-12-10-21(11-13-22)20-6-4-3-5-7-20/h3-16,18H,1-2H3/b23-16+. The molecule has 0 radical (unpaired) electrons. The lowest BCUT2D eigenvalue weighted by Gasteiger charge is -2.11. The van der Waals surface area contributed by atoms with Gasteiger partial charge >= 0.3 is 0 Å². The first-order chi connectivity index (χ1) is 14.6. The molecule has 0 saturated heterocycles. The summed E-state index contributed by atoms with van der Waals surface area (Å²) in [5.41, 5.74) is 6.99. The SMILES string of the molecule is CN(C)c1ccc(/C=C(\C#N)c2nc(-c3ccc(-c4ccccc4)cc3)cs2)cc1. The second-order valence-electron chi connectivity index (χ2n) is 7.14. The number of nitriles is 1. The van der Waals surface area contributed by atoms with Crippen LogP contribution in [-0.4, -0.2) is 19.1 Å². The third-order valence-electron chi connectivity index (χ3n) is 4.86. The summed E-state index contributed by atoms with van der Waals surface area (Å²) in [5.74, 6) is 0. The fraction of sp³-hybridized carbons (Fsp3) is 0.0769. The van der Waals surface area contributed by atoms with Crippen molar-refractivity contribution >= 4 is 28.7 Å². The minimum atomic E-state index is 0.574. The molecule has 0 N–H and O–H groups in total. The van der Waals surface area contributed by atoms with Crippen molar-refractivity contribution in [3.05, 3.63) is 94.8 Å². The maximum absolute atomic E-state index is 9.67. The van der Waals surface area contributed by atoms with Gasteiger partial charge < -0.3 is 4.90 Å². The number of allylic oxidation sites excluding steroid dienone is 1. The van der Waals surface area contributed by atoms with E-state index in [2.05, 4.69) is 47.4 Å². The predicted octanol–water partition coefficient (Wildman–Crippen LogP) is 6.61. The zero-order valence-electron chi connectivity index (χ0n) is 16.9. The Kier molecular flexibility index (Phi) is 5.74. The van der Waals surface area contributed by atoms with Crippen molar-refractivity contribution < 1.29 is 0 Å². The summed E-state index contributed by atoms with van der Waals surface area (Å²) in [5, 5.41) is 12.4. The molecular weight excluding hydrogens is 386 g/mol. The van der Waals surface area contributed by atoms with Crippen LogP contribution in [0.2, 0.25) is 0 Å². The number of hydrogen-bond acceptors (Lipinski definition) is 4. The van der Waals surface area contributed by atoms with E-state index in [4.69, 9.17) is 4.98 Å². The van der Waals surface area contributed by atoms with E-state index in [1.54, 1.807) is 0 Å². The first-order valence-corrected chi connectivity index (χ1v) is 10.5. The quantitative estimate of drug-likeness (QED) is 0.350. The summed E-state index contributed by atoms with van der Waals surface area (Å²) in [6, 6.07) is 29.1. The topological polar surface area (TPSA) is 39.9 Å². The molecule has 0 unspecified atom stereocenters. The molecule has 0 aliphatic rings. The lowest BCUT2D eigenvalue weighted by atomic mass is 10.0. The van der Waals surface area contributed by atoms with E-state index < -0.39 is 0 Å². The number of rotatable bonds is 5. The van der Waals surface area contributed by atoms with Crippen molar-refractivity contribution in [3.63, 3.8) is 0 Å². The van der Waals surface area contributed by atoms with Crippen LogP contribution in [0.25, 0.3) is 34.0 Å². The zero-order valence-corrected chi connectivity index (χ0v) is 17.7. The van der Waals surface area contributed by atoms with Crippen molar-refractivity contribution in [1.29, 1.82) is 5.26 Å². The van der Waals surface area contributed by atoms with E-state index in [9.17, 15) is 5.26 Å². The van der Waals surface area contributed by atoms with Crippen LogP contribution in [0.5, 0.6) is 0 Å². The molecule has 146 valence electrons. The van der Waals surface area contributed by atoms with Crippen molar-refractivity contribution in [2.24, 2.45) is 0 Å². The molecule has 4 heteroatoms. The fourth-order valence-electron chi connectivity index (χ4n) is 3.17. The van der Waals surface area contributed by atoms with Gasteiger partial charge in [0.25, 0.3) is 0 Å². The predicted molar refractivity (Wildman–Crippen MR) is 127 cm³/mol. The van der Waals surface area contributed by atoms with E-state index in [1.165, 1.54) is 22.5 Å². The van der Waals surface area contributed by atoms with Crippen molar-refractivity contribution in [2.75, 3.05) is 19.0 Å². The van der Waals surface area contributed by atoms with Crippen molar-refractivity contribution in [1.82, 2.24) is 4.98 Å². The molecule has 4 rings (SSSR count). The van der Waals surface area contributed by atoms with E-state index in [0.29, 0.717) is 5.57 Å². The molecule has 0 atom stereocenters. The number of nitrogens with zero attached hydrogens (tertiary/aromatic N) is 3. The Labute approximate surface area is 181 Å². The number of aromatic nitrogens is 1. The second-order valence-corrected chi connectivity index (χ2v) is 8.00. The van der Waals surface area contributed by atoms with Gasteiger partial charge in [0.2, 0.25) is 0 Å². The summed E-state index contributed by atoms with van der Waals surface area (Å²) >= 11 is 1.49. The Balaban J connectivity index is 1.57. The van der Waals surface area contributed by atoms with Gasteiger partial charge in [-0.3, -0.25) is 0 Å². The summed E-state index contributed by atoms with van der Waals surface area (Å²) in [6.45, 7) is 0. The Morgan fingerprint density at radius 3 is 2.13 bits per heavy atom. The average Bonchev–Trinajstić information content (AvgIpc) is 3.28. The molecule has 1 aromatic heterocycles. The minimum Gasteiger partial charge on any atom is -0.378 e. The Bertz CT molecular complexity index is 1200. The number of hydrogen-bond donors (Lipinski definition) is 0. The highest BCUT2D eigenvalue weighted by atomic mass is 32.1. The van der Waals surface area contributed by atoms with Crippen molar-refractivity contribution in [3.8, 4) is 28.5 Å². The van der Waals surface area contributed by atoms with Gasteiger partial charge in [-0.2, -0.15) is 5.26 Å². The maximum Gasteiger partial charge on any atom is 0.134 e. The van der Waals surface area contributed by atoms with Gasteiger partial charge in [-0.1, -0.05) is 66.7 Å². The molecule has 3 aromatic carbocycles. The van der Waals surface area contributed by atoms with E-state index in [0.717, 1.165) is 27.5 Å². The minimum absolute atomic E-state index is 0.574. The van der Waals surface area contributed by atoms with Crippen LogP contribution in [0.4, 0.5) is 5.69 Å². The van der Waals surface area contributed by atoms with Gasteiger partial charge in [0.05, 0.1) is 11.3 Å². The van der Waals surface area contributed by atoms with E-state index in [1.807, 2.05) is 68.0 Å². The van der Waals surface area contributed by atoms with Gasteiger partial charge in [-0.05, 0) is 34.9 Å². The van der Waals surface area contributed by atoms with Gasteiger partial charge in [0, 0.05) is 30.7 Å². The molecule has 0 saturated carbocycles. The molecular formula is C26H21N3S. The Morgan fingerprint density at radius 1 is 0.867 bits per heavy atom. The smallest absolute Gasteiger partial charge is 0.134 e. The second kappa shape index (κ2) is 8.77. The molecule has 1 heterocycles. The van der Waals surface area contributed by atoms with Crippen LogP contribution in [0.1, 0.15) is 10.6 Å². The number of anilines is 1. The number of thiazole rings is 1. The lowest BCUT2D eigenvalue weighted by molar-refractivity contribution is 1.13. The van der Waals surface area contributed by atoms with Crippen LogP contribution in [-0.2, 0) is 0 Å². The highest BCUT2D eigenvalue weighted by molar-refractivity contribution is 7.11. The zero-order chi connectivity index (χ0) is 20.9. The molecule has 30 heavy (non-hydrogen) atoms. The van der Waals surface area contributed by atoms with Gasteiger partial charge in [0.1, 0.15) is 11.1 Å². The highest BCUT2D eigenvalue weighted by Crippen LogP contribution is 2.29. The number of benzene rings is 3. The molecule has 0 fully saturated rings. The molecule has 0 aliphatic carbocycles.